The molecule has 2 aromatic carbocycles. The summed E-state index contributed by atoms with van der Waals surface area (Å²) in [6.07, 6.45) is 0. The van der Waals surface area contributed by atoms with E-state index in [1.54, 1.807) is 12.1 Å². The summed E-state index contributed by atoms with van der Waals surface area (Å²) in [7, 11) is 0. The highest BCUT2D eigenvalue weighted by molar-refractivity contribution is 9.10. The molecule has 0 aliphatic rings. The maximum absolute atomic E-state index is 8.91. The molecule has 2 nitrogen and oxygen atoms in total. The minimum Gasteiger partial charge on any atom is -0.456 e. The smallest absolute Gasteiger partial charge is 0.141 e. The number of hydrogen-bond donors (Lipinski definition) is 0. The molecule has 0 aliphatic heterocycles. The van der Waals surface area contributed by atoms with E-state index in [9.17, 15) is 0 Å². The summed E-state index contributed by atoms with van der Waals surface area (Å²) in [4.78, 5) is 0. The molecular formula is C14H9Br2NO. The van der Waals surface area contributed by atoms with Crippen LogP contribution in [0.4, 0.5) is 0 Å². The molecule has 0 fully saturated rings. The zero-order chi connectivity index (χ0) is 13.1. The Kier molecular flexibility index (Phi) is 4.05. The van der Waals surface area contributed by atoms with Crippen molar-refractivity contribution in [2.24, 2.45) is 0 Å². The van der Waals surface area contributed by atoms with Crippen LogP contribution in [0.25, 0.3) is 0 Å². The van der Waals surface area contributed by atoms with Crippen molar-refractivity contribution >= 4 is 31.9 Å². The van der Waals surface area contributed by atoms with Crippen molar-refractivity contribution in [2.75, 3.05) is 0 Å². The molecule has 0 saturated heterocycles. The van der Waals surface area contributed by atoms with Gasteiger partial charge < -0.3 is 4.74 Å². The molecule has 0 spiro atoms. The van der Waals surface area contributed by atoms with Crippen molar-refractivity contribution < 1.29 is 4.74 Å². The Morgan fingerprint density at radius 1 is 1.11 bits per heavy atom. The van der Waals surface area contributed by atoms with E-state index in [1.807, 2.05) is 31.2 Å². The van der Waals surface area contributed by atoms with Crippen molar-refractivity contribution in [3.8, 4) is 17.6 Å². The SMILES string of the molecule is Cc1ccc(Oc2cc(Br)cc(C#N)c2)c(Br)c1. The Labute approximate surface area is 122 Å². The van der Waals surface area contributed by atoms with E-state index in [-0.39, 0.29) is 0 Å². The Morgan fingerprint density at radius 3 is 2.56 bits per heavy atom. The number of nitriles is 1. The molecule has 0 amide bonds. The van der Waals surface area contributed by atoms with Gasteiger partial charge in [0.05, 0.1) is 16.1 Å². The van der Waals surface area contributed by atoms with Crippen molar-refractivity contribution in [3.05, 3.63) is 56.5 Å². The van der Waals surface area contributed by atoms with Crippen LogP contribution in [0.15, 0.2) is 45.3 Å². The van der Waals surface area contributed by atoms with E-state index in [1.165, 1.54) is 0 Å². The third-order valence-electron chi connectivity index (χ3n) is 2.32. The Bertz CT molecular complexity index is 632. The van der Waals surface area contributed by atoms with Crippen LogP contribution < -0.4 is 4.74 Å². The van der Waals surface area contributed by atoms with Gasteiger partial charge in [0.2, 0.25) is 0 Å². The van der Waals surface area contributed by atoms with Crippen LogP contribution in [0, 0.1) is 18.3 Å². The van der Waals surface area contributed by atoms with Gasteiger partial charge in [-0.2, -0.15) is 5.26 Å². The quantitative estimate of drug-likeness (QED) is 0.733. The molecular weight excluding hydrogens is 358 g/mol. The first-order chi connectivity index (χ1) is 8.58. The highest BCUT2D eigenvalue weighted by atomic mass is 79.9. The minimum absolute atomic E-state index is 0.558. The van der Waals surface area contributed by atoms with Gasteiger partial charge in [-0.25, -0.2) is 0 Å². The summed E-state index contributed by atoms with van der Waals surface area (Å²) in [5, 5.41) is 8.91. The monoisotopic (exact) mass is 365 g/mol. The summed E-state index contributed by atoms with van der Waals surface area (Å²) in [6, 6.07) is 13.2. The number of benzene rings is 2. The van der Waals surface area contributed by atoms with Gasteiger partial charge in [-0.05, 0) is 58.7 Å². The summed E-state index contributed by atoms with van der Waals surface area (Å²) in [6.45, 7) is 2.02. The van der Waals surface area contributed by atoms with Crippen molar-refractivity contribution in [2.45, 2.75) is 6.92 Å². The molecule has 0 saturated carbocycles. The Balaban J connectivity index is 2.34. The van der Waals surface area contributed by atoms with E-state index in [0.717, 1.165) is 20.3 Å². The molecule has 90 valence electrons. The number of hydrogen-bond acceptors (Lipinski definition) is 2. The first kappa shape index (κ1) is 13.1. The second-order valence-electron chi connectivity index (χ2n) is 3.82. The van der Waals surface area contributed by atoms with Crippen LogP contribution in [0.5, 0.6) is 11.5 Å². The van der Waals surface area contributed by atoms with Gasteiger partial charge in [-0.15, -0.1) is 0 Å². The summed E-state index contributed by atoms with van der Waals surface area (Å²) < 4.78 is 7.47. The van der Waals surface area contributed by atoms with E-state index in [0.29, 0.717) is 11.3 Å². The van der Waals surface area contributed by atoms with Crippen molar-refractivity contribution in [1.29, 1.82) is 5.26 Å². The van der Waals surface area contributed by atoms with Gasteiger partial charge in [0.15, 0.2) is 0 Å². The highest BCUT2D eigenvalue weighted by Gasteiger charge is 2.05. The molecule has 0 N–H and O–H groups in total. The summed E-state index contributed by atoms with van der Waals surface area (Å²) >= 11 is 6.81. The van der Waals surface area contributed by atoms with E-state index < -0.39 is 0 Å². The molecule has 0 unspecified atom stereocenters. The third-order valence-corrected chi connectivity index (χ3v) is 3.39. The largest absolute Gasteiger partial charge is 0.456 e. The average molecular weight is 367 g/mol. The molecule has 0 heterocycles. The van der Waals surface area contributed by atoms with Crippen molar-refractivity contribution in [3.63, 3.8) is 0 Å². The van der Waals surface area contributed by atoms with Gasteiger partial charge in [-0.3, -0.25) is 0 Å². The fraction of sp³-hybridized carbons (Fsp3) is 0.0714. The molecule has 0 aliphatic carbocycles. The van der Waals surface area contributed by atoms with Gasteiger partial charge in [0.25, 0.3) is 0 Å². The number of nitrogens with zero attached hydrogens (tertiary/aromatic N) is 1. The van der Waals surface area contributed by atoms with Gasteiger partial charge in [0, 0.05) is 4.47 Å². The van der Waals surface area contributed by atoms with Gasteiger partial charge >= 0.3 is 0 Å². The minimum atomic E-state index is 0.558. The van der Waals surface area contributed by atoms with Gasteiger partial charge in [-0.1, -0.05) is 22.0 Å². The molecule has 4 heteroatoms. The van der Waals surface area contributed by atoms with E-state index in [4.69, 9.17) is 10.00 Å². The fourth-order valence-corrected chi connectivity index (χ4v) is 2.55. The van der Waals surface area contributed by atoms with Crippen LogP contribution >= 0.6 is 31.9 Å². The fourth-order valence-electron chi connectivity index (χ4n) is 1.50. The normalized spacial score (nSPS) is 9.89. The number of aryl methyl sites for hydroxylation is 1. The lowest BCUT2D eigenvalue weighted by atomic mass is 10.2. The Hall–Kier alpha value is -1.31. The topological polar surface area (TPSA) is 33.0 Å². The van der Waals surface area contributed by atoms with Crippen LogP contribution in [0.2, 0.25) is 0 Å². The molecule has 0 bridgehead atoms. The molecule has 0 atom stereocenters. The predicted molar refractivity (Wildman–Crippen MR) is 77.8 cm³/mol. The average Bonchev–Trinajstić information content (AvgIpc) is 2.32. The molecule has 0 aromatic heterocycles. The molecule has 2 rings (SSSR count). The lowest BCUT2D eigenvalue weighted by Gasteiger charge is -2.09. The van der Waals surface area contributed by atoms with E-state index in [2.05, 4.69) is 37.9 Å². The first-order valence-corrected chi connectivity index (χ1v) is 6.82. The van der Waals surface area contributed by atoms with Gasteiger partial charge in [0.1, 0.15) is 11.5 Å². The Morgan fingerprint density at radius 2 is 1.89 bits per heavy atom. The molecule has 0 radical (unpaired) electrons. The zero-order valence-corrected chi connectivity index (χ0v) is 12.7. The number of ether oxygens (including phenoxy) is 1. The first-order valence-electron chi connectivity index (χ1n) is 5.23. The lowest BCUT2D eigenvalue weighted by Crippen LogP contribution is -1.87. The van der Waals surface area contributed by atoms with Crippen LogP contribution in [0.3, 0.4) is 0 Å². The number of halogens is 2. The van der Waals surface area contributed by atoms with Crippen LogP contribution in [-0.4, -0.2) is 0 Å². The maximum atomic E-state index is 8.91. The maximum Gasteiger partial charge on any atom is 0.141 e. The van der Waals surface area contributed by atoms with Crippen LogP contribution in [0.1, 0.15) is 11.1 Å². The van der Waals surface area contributed by atoms with E-state index >= 15 is 0 Å². The summed E-state index contributed by atoms with van der Waals surface area (Å²) in [5.74, 6) is 1.35. The van der Waals surface area contributed by atoms with Crippen molar-refractivity contribution in [1.82, 2.24) is 0 Å². The molecule has 18 heavy (non-hydrogen) atoms. The standard InChI is InChI=1S/C14H9Br2NO/c1-9-2-3-14(13(16)4-9)18-12-6-10(8-17)5-11(15)7-12/h2-7H,1H3. The summed E-state index contributed by atoms with van der Waals surface area (Å²) in [5.41, 5.74) is 1.71. The molecule has 2 aromatic rings. The lowest BCUT2D eigenvalue weighted by molar-refractivity contribution is 0.479. The predicted octanol–water partition coefficient (Wildman–Crippen LogP) is 5.18. The zero-order valence-electron chi connectivity index (χ0n) is 9.58. The number of rotatable bonds is 2. The second kappa shape index (κ2) is 5.55. The highest BCUT2D eigenvalue weighted by Crippen LogP contribution is 2.32. The third kappa shape index (κ3) is 3.12. The second-order valence-corrected chi connectivity index (χ2v) is 5.59. The van der Waals surface area contributed by atoms with Crippen LogP contribution in [-0.2, 0) is 0 Å².